The number of halogens is 1. The number of benzene rings is 1. The molecule has 2 rings (SSSR count). The summed E-state index contributed by atoms with van der Waals surface area (Å²) in [6, 6.07) is 3.82. The molecule has 1 aliphatic rings. The van der Waals surface area contributed by atoms with Crippen LogP contribution in [0.25, 0.3) is 0 Å². The Morgan fingerprint density at radius 1 is 0.968 bits per heavy atom. The molecule has 2 nitrogen and oxygen atoms in total. The van der Waals surface area contributed by atoms with Gasteiger partial charge in [0.2, 0.25) is 6.86 Å². The van der Waals surface area contributed by atoms with Crippen LogP contribution in [0.4, 0.5) is 4.39 Å². The van der Waals surface area contributed by atoms with E-state index in [0.717, 1.165) is 53.9 Å². The van der Waals surface area contributed by atoms with Gasteiger partial charge in [0.25, 0.3) is 0 Å². The van der Waals surface area contributed by atoms with Crippen LogP contribution in [0.5, 0.6) is 11.5 Å². The summed E-state index contributed by atoms with van der Waals surface area (Å²) in [6.07, 6.45) is 13.9. The normalized spacial score (nSPS) is 20.3. The molecule has 0 unspecified atom stereocenters. The van der Waals surface area contributed by atoms with Gasteiger partial charge < -0.3 is 9.47 Å². The summed E-state index contributed by atoms with van der Waals surface area (Å²) < 4.78 is 24.0. The Hall–Kier alpha value is -1.25. The number of alkyl halides is 1. The van der Waals surface area contributed by atoms with E-state index in [1.54, 1.807) is 0 Å². The highest BCUT2D eigenvalue weighted by Crippen LogP contribution is 2.40. The zero-order chi connectivity index (χ0) is 22.9. The zero-order valence-corrected chi connectivity index (χ0v) is 21.1. The second-order valence-electron chi connectivity index (χ2n) is 10.9. The lowest BCUT2D eigenvalue weighted by molar-refractivity contribution is 0.0513. The topological polar surface area (TPSA) is 18.5 Å². The third-order valence-corrected chi connectivity index (χ3v) is 7.09. The highest BCUT2D eigenvalue weighted by atomic mass is 19.1. The van der Waals surface area contributed by atoms with Crippen LogP contribution in [-0.2, 0) is 6.42 Å². The van der Waals surface area contributed by atoms with Gasteiger partial charge in [0.15, 0.2) is 0 Å². The molecule has 0 saturated heterocycles. The van der Waals surface area contributed by atoms with Crippen molar-refractivity contribution in [3.05, 3.63) is 23.3 Å². The van der Waals surface area contributed by atoms with Crippen LogP contribution in [0.15, 0.2) is 12.1 Å². The van der Waals surface area contributed by atoms with E-state index < -0.39 is 6.86 Å². The molecule has 31 heavy (non-hydrogen) atoms. The third-order valence-electron chi connectivity index (χ3n) is 7.09. The van der Waals surface area contributed by atoms with Gasteiger partial charge in [-0.3, -0.25) is 0 Å². The predicted molar refractivity (Wildman–Crippen MR) is 130 cm³/mol. The number of hydrogen-bond donors (Lipinski definition) is 0. The molecule has 0 amide bonds. The smallest absolute Gasteiger partial charge is 0.228 e. The Morgan fingerprint density at radius 2 is 1.58 bits per heavy atom. The van der Waals surface area contributed by atoms with Gasteiger partial charge in [-0.1, -0.05) is 72.6 Å². The summed E-state index contributed by atoms with van der Waals surface area (Å²) in [6.45, 7) is 13.0. The van der Waals surface area contributed by atoms with Crippen molar-refractivity contribution in [1.82, 2.24) is 0 Å². The molecular formula is C28H47FO2. The summed E-state index contributed by atoms with van der Waals surface area (Å²) in [7, 11) is 0. The molecule has 0 aliphatic carbocycles. The Labute approximate surface area is 191 Å². The molecular weight excluding hydrogens is 387 g/mol. The maximum Gasteiger partial charge on any atom is 0.228 e. The van der Waals surface area contributed by atoms with Crippen LogP contribution in [0.2, 0.25) is 0 Å². The van der Waals surface area contributed by atoms with E-state index in [4.69, 9.17) is 9.47 Å². The largest absolute Gasteiger partial charge is 0.487 e. The molecule has 0 saturated carbocycles. The number of hydrogen-bond acceptors (Lipinski definition) is 2. The fraction of sp³-hybridized carbons (Fsp3) is 0.786. The van der Waals surface area contributed by atoms with Crippen molar-refractivity contribution in [2.75, 3.05) is 6.86 Å². The molecule has 0 spiro atoms. The minimum absolute atomic E-state index is 0.0924. The number of aryl methyl sites for hydroxylation is 2. The third kappa shape index (κ3) is 9.02. The predicted octanol–water partition coefficient (Wildman–Crippen LogP) is 8.82. The maximum atomic E-state index is 12.5. The van der Waals surface area contributed by atoms with Crippen molar-refractivity contribution >= 4 is 0 Å². The molecule has 0 fully saturated rings. The number of rotatable bonds is 14. The van der Waals surface area contributed by atoms with E-state index in [1.165, 1.54) is 51.4 Å². The van der Waals surface area contributed by atoms with Gasteiger partial charge in [0, 0.05) is 0 Å². The molecule has 1 heterocycles. The van der Waals surface area contributed by atoms with Crippen LogP contribution in [0, 0.1) is 24.7 Å². The van der Waals surface area contributed by atoms with Crippen molar-refractivity contribution in [1.29, 1.82) is 0 Å². The van der Waals surface area contributed by atoms with Gasteiger partial charge in [0.05, 0.1) is 0 Å². The molecule has 0 N–H and O–H groups in total. The molecule has 178 valence electrons. The molecule has 3 atom stereocenters. The monoisotopic (exact) mass is 434 g/mol. The Kier molecular flexibility index (Phi) is 10.7. The lowest BCUT2D eigenvalue weighted by Crippen LogP contribution is -2.36. The van der Waals surface area contributed by atoms with Crippen LogP contribution >= 0.6 is 0 Å². The van der Waals surface area contributed by atoms with Crippen molar-refractivity contribution in [3.8, 4) is 11.5 Å². The summed E-state index contributed by atoms with van der Waals surface area (Å²) in [5.41, 5.74) is 2.10. The van der Waals surface area contributed by atoms with Gasteiger partial charge in [-0.15, -0.1) is 0 Å². The van der Waals surface area contributed by atoms with Crippen molar-refractivity contribution in [2.24, 2.45) is 17.8 Å². The first-order chi connectivity index (χ1) is 14.7. The SMILES string of the molecule is Cc1cc(OCF)cc2c1O[C@](C)(CCC[C@H](C)CCC[C@H](C)CCCC(C)C)CC2. The second-order valence-corrected chi connectivity index (χ2v) is 10.9. The summed E-state index contributed by atoms with van der Waals surface area (Å²) >= 11 is 0. The minimum Gasteiger partial charge on any atom is -0.487 e. The van der Waals surface area contributed by atoms with Gasteiger partial charge in [-0.25, -0.2) is 4.39 Å². The summed E-state index contributed by atoms with van der Waals surface area (Å²) in [5, 5.41) is 0. The molecule has 0 aromatic heterocycles. The van der Waals surface area contributed by atoms with E-state index in [9.17, 15) is 4.39 Å². The van der Waals surface area contributed by atoms with Crippen LogP contribution < -0.4 is 9.47 Å². The highest BCUT2D eigenvalue weighted by Gasteiger charge is 2.32. The van der Waals surface area contributed by atoms with Gasteiger partial charge >= 0.3 is 0 Å². The van der Waals surface area contributed by atoms with E-state index in [2.05, 4.69) is 34.6 Å². The zero-order valence-electron chi connectivity index (χ0n) is 21.1. The van der Waals surface area contributed by atoms with E-state index in [0.29, 0.717) is 5.75 Å². The molecule has 0 radical (unpaired) electrons. The van der Waals surface area contributed by atoms with Gasteiger partial charge in [0.1, 0.15) is 17.1 Å². The standard InChI is InChI=1S/C28H47FO2/c1-21(2)10-7-11-22(3)12-8-13-23(4)14-9-16-28(6)17-15-25-19-26(30-20-29)18-24(5)27(25)31-28/h18-19,21-23H,7-17,20H2,1-6H3/t22-,23-,28-/m1/s1. The van der Waals surface area contributed by atoms with Crippen molar-refractivity contribution < 1.29 is 13.9 Å². The van der Waals surface area contributed by atoms with Gasteiger partial charge in [-0.05, 0) is 80.5 Å². The first kappa shape index (κ1) is 26.0. The van der Waals surface area contributed by atoms with Crippen LogP contribution in [-0.4, -0.2) is 12.5 Å². The number of fused-ring (bicyclic) bond motifs is 1. The Bertz CT molecular complexity index is 657. The highest BCUT2D eigenvalue weighted by molar-refractivity contribution is 5.48. The summed E-state index contributed by atoms with van der Waals surface area (Å²) in [4.78, 5) is 0. The molecule has 1 aromatic carbocycles. The number of ether oxygens (including phenoxy) is 2. The lowest BCUT2D eigenvalue weighted by Gasteiger charge is -2.37. The fourth-order valence-electron chi connectivity index (χ4n) is 4.96. The van der Waals surface area contributed by atoms with Crippen LogP contribution in [0.1, 0.15) is 110 Å². The van der Waals surface area contributed by atoms with E-state index in [1.807, 2.05) is 19.1 Å². The quantitative estimate of drug-likeness (QED) is 0.291. The Balaban J connectivity index is 1.69. The van der Waals surface area contributed by atoms with Crippen molar-refractivity contribution in [3.63, 3.8) is 0 Å². The fourth-order valence-corrected chi connectivity index (χ4v) is 4.96. The minimum atomic E-state index is -0.786. The maximum absolute atomic E-state index is 12.5. The first-order valence-electron chi connectivity index (χ1n) is 12.7. The van der Waals surface area contributed by atoms with E-state index in [-0.39, 0.29) is 5.60 Å². The Morgan fingerprint density at radius 3 is 2.19 bits per heavy atom. The molecule has 0 bridgehead atoms. The molecule has 1 aromatic rings. The average molecular weight is 435 g/mol. The molecule has 3 heteroatoms. The van der Waals surface area contributed by atoms with E-state index >= 15 is 0 Å². The van der Waals surface area contributed by atoms with Crippen molar-refractivity contribution in [2.45, 2.75) is 118 Å². The van der Waals surface area contributed by atoms with Gasteiger partial charge in [-0.2, -0.15) is 0 Å². The lowest BCUT2D eigenvalue weighted by atomic mass is 9.85. The van der Waals surface area contributed by atoms with Crippen LogP contribution in [0.3, 0.4) is 0 Å². The molecule has 1 aliphatic heterocycles. The average Bonchev–Trinajstić information content (AvgIpc) is 2.69. The second kappa shape index (κ2) is 12.7. The summed E-state index contributed by atoms with van der Waals surface area (Å²) in [5.74, 6) is 4.10. The first-order valence-corrected chi connectivity index (χ1v) is 12.7.